The number of amides is 1. The Balaban J connectivity index is 1.68. The number of rotatable bonds is 3. The van der Waals surface area contributed by atoms with E-state index in [4.69, 9.17) is 12.2 Å². The minimum atomic E-state index is 0.0618. The number of piperidine rings is 1. The summed E-state index contributed by atoms with van der Waals surface area (Å²) < 4.78 is 0.694. The third-order valence-electron chi connectivity index (χ3n) is 4.61. The summed E-state index contributed by atoms with van der Waals surface area (Å²) in [5, 5.41) is 0. The largest absolute Gasteiger partial charge is 0.317 e. The molecule has 1 amide bonds. The van der Waals surface area contributed by atoms with Gasteiger partial charge >= 0.3 is 0 Å². The molecule has 3 nitrogen and oxygen atoms in total. The van der Waals surface area contributed by atoms with E-state index in [2.05, 4.69) is 26.0 Å². The first kappa shape index (κ1) is 16.7. The van der Waals surface area contributed by atoms with E-state index in [1.54, 1.807) is 4.90 Å². The molecule has 0 saturated carbocycles. The number of thioether (sulfide) groups is 1. The maximum Gasteiger partial charge on any atom is 0.270 e. The van der Waals surface area contributed by atoms with Crippen LogP contribution in [0.15, 0.2) is 29.2 Å². The lowest BCUT2D eigenvalue weighted by Gasteiger charge is -2.29. The van der Waals surface area contributed by atoms with E-state index in [0.717, 1.165) is 29.5 Å². The fraction of sp³-hybridized carbons (Fsp3) is 0.444. The Morgan fingerprint density at radius 3 is 2.61 bits per heavy atom. The van der Waals surface area contributed by atoms with Gasteiger partial charge in [0.25, 0.3) is 5.91 Å². The first-order chi connectivity index (χ1) is 11.0. The van der Waals surface area contributed by atoms with Crippen LogP contribution >= 0.6 is 24.0 Å². The normalized spacial score (nSPS) is 27.0. The number of quaternary nitrogens is 1. The van der Waals surface area contributed by atoms with Crippen molar-refractivity contribution in [3.8, 4) is 0 Å². The molecule has 1 N–H and O–H groups in total. The Bertz CT molecular complexity index is 631. The zero-order chi connectivity index (χ0) is 16.4. The third-order valence-corrected chi connectivity index (χ3v) is 5.99. The number of nitrogens with zero attached hydrogens (tertiary/aromatic N) is 1. The second kappa shape index (κ2) is 7.16. The molecule has 0 aliphatic carbocycles. The minimum Gasteiger partial charge on any atom is -0.317 e. The van der Waals surface area contributed by atoms with Crippen molar-refractivity contribution in [2.45, 2.75) is 26.7 Å². The highest BCUT2D eigenvalue weighted by molar-refractivity contribution is 8.26. The molecular weight excluding hydrogens is 324 g/mol. The second-order valence-corrected chi connectivity index (χ2v) is 8.29. The lowest BCUT2D eigenvalue weighted by atomic mass is 10.00. The number of benzene rings is 1. The van der Waals surface area contributed by atoms with Gasteiger partial charge in [-0.05, 0) is 37.3 Å². The second-order valence-electron chi connectivity index (χ2n) is 6.61. The van der Waals surface area contributed by atoms with E-state index in [9.17, 15) is 4.79 Å². The molecule has 3 rings (SSSR count). The molecule has 0 radical (unpaired) electrons. The van der Waals surface area contributed by atoms with E-state index >= 15 is 0 Å². The van der Waals surface area contributed by atoms with Crippen LogP contribution in [-0.4, -0.2) is 34.9 Å². The average molecular weight is 348 g/mol. The van der Waals surface area contributed by atoms with Crippen molar-refractivity contribution in [2.75, 3.05) is 19.8 Å². The molecule has 0 bridgehead atoms. The van der Waals surface area contributed by atoms with Crippen LogP contribution in [-0.2, 0) is 4.79 Å². The van der Waals surface area contributed by atoms with Crippen LogP contribution in [0.5, 0.6) is 0 Å². The van der Waals surface area contributed by atoms with Gasteiger partial charge in [0, 0.05) is 0 Å². The van der Waals surface area contributed by atoms with Gasteiger partial charge in [0.2, 0.25) is 0 Å². The van der Waals surface area contributed by atoms with Crippen molar-refractivity contribution in [3.63, 3.8) is 0 Å². The van der Waals surface area contributed by atoms with Crippen molar-refractivity contribution >= 4 is 40.3 Å². The fourth-order valence-corrected chi connectivity index (χ4v) is 4.26. The summed E-state index contributed by atoms with van der Waals surface area (Å²) >= 11 is 6.86. The maximum atomic E-state index is 12.7. The average Bonchev–Trinajstić information content (AvgIpc) is 2.79. The molecule has 122 valence electrons. The molecular formula is C18H23N2OS2+. The standard InChI is InChI=1S/C18H22N2OS2/c1-13-3-5-15(6-4-13)11-16-17(21)20(18(22)23-16)12-19-9-7-14(2)8-10-19/h3-6,11,14H,7-10,12H2,1-2H3/p+1/b16-11+. The van der Waals surface area contributed by atoms with Gasteiger partial charge in [-0.2, -0.15) is 0 Å². The Morgan fingerprint density at radius 1 is 1.30 bits per heavy atom. The van der Waals surface area contributed by atoms with E-state index in [1.807, 2.05) is 18.2 Å². The van der Waals surface area contributed by atoms with E-state index in [-0.39, 0.29) is 5.91 Å². The first-order valence-corrected chi connectivity index (χ1v) is 9.41. The number of carbonyl (C=O) groups is 1. The lowest BCUT2D eigenvalue weighted by Crippen LogP contribution is -3.14. The van der Waals surface area contributed by atoms with E-state index in [0.29, 0.717) is 11.0 Å². The summed E-state index contributed by atoms with van der Waals surface area (Å²) in [6.45, 7) is 7.35. The minimum absolute atomic E-state index is 0.0618. The number of nitrogens with one attached hydrogen (secondary N) is 1. The number of likely N-dealkylation sites (tertiary alicyclic amines) is 1. The first-order valence-electron chi connectivity index (χ1n) is 8.18. The summed E-state index contributed by atoms with van der Waals surface area (Å²) in [6.07, 6.45) is 4.43. The molecule has 2 saturated heterocycles. The SMILES string of the molecule is Cc1ccc(/C=C2/SC(=S)N(C[NH+]3CCC(C)CC3)C2=O)cc1. The van der Waals surface area contributed by atoms with Crippen LogP contribution in [0.1, 0.15) is 30.9 Å². The van der Waals surface area contributed by atoms with Gasteiger partial charge in [-0.1, -0.05) is 60.7 Å². The number of hydrogen-bond acceptors (Lipinski definition) is 3. The van der Waals surface area contributed by atoms with Crippen LogP contribution in [0.3, 0.4) is 0 Å². The predicted molar refractivity (Wildman–Crippen MR) is 100 cm³/mol. The van der Waals surface area contributed by atoms with Gasteiger partial charge in [0.15, 0.2) is 11.0 Å². The Labute approximate surface area is 147 Å². The van der Waals surface area contributed by atoms with Crippen LogP contribution in [0.4, 0.5) is 0 Å². The number of thiocarbonyl (C=S) groups is 1. The molecule has 0 spiro atoms. The quantitative estimate of drug-likeness (QED) is 0.672. The predicted octanol–water partition coefficient (Wildman–Crippen LogP) is 2.47. The number of carbonyl (C=O) groups excluding carboxylic acids is 1. The number of aryl methyl sites for hydroxylation is 1. The molecule has 2 fully saturated rings. The van der Waals surface area contributed by atoms with Gasteiger partial charge in [0.1, 0.15) is 0 Å². The van der Waals surface area contributed by atoms with Crippen molar-refractivity contribution in [2.24, 2.45) is 5.92 Å². The molecule has 2 aliphatic rings. The molecule has 0 aromatic heterocycles. The Kier molecular flexibility index (Phi) is 5.19. The molecule has 2 heterocycles. The van der Waals surface area contributed by atoms with Crippen molar-refractivity contribution in [1.29, 1.82) is 0 Å². The topological polar surface area (TPSA) is 24.8 Å². The van der Waals surface area contributed by atoms with Gasteiger partial charge < -0.3 is 4.90 Å². The highest BCUT2D eigenvalue weighted by Crippen LogP contribution is 2.31. The summed E-state index contributed by atoms with van der Waals surface area (Å²) in [6, 6.07) is 8.20. The summed E-state index contributed by atoms with van der Waals surface area (Å²) in [7, 11) is 0. The molecule has 5 heteroatoms. The molecule has 1 aromatic carbocycles. The van der Waals surface area contributed by atoms with Gasteiger partial charge in [-0.3, -0.25) is 4.79 Å². The summed E-state index contributed by atoms with van der Waals surface area (Å²) in [5.41, 5.74) is 2.27. The highest BCUT2D eigenvalue weighted by Gasteiger charge is 2.35. The monoisotopic (exact) mass is 347 g/mol. The Hall–Kier alpha value is -1.17. The summed E-state index contributed by atoms with van der Waals surface area (Å²) in [4.78, 5) is 16.7. The zero-order valence-electron chi connectivity index (χ0n) is 13.7. The van der Waals surface area contributed by atoms with Gasteiger partial charge in [-0.25, -0.2) is 4.90 Å². The molecule has 2 aliphatic heterocycles. The van der Waals surface area contributed by atoms with E-state index < -0.39 is 0 Å². The van der Waals surface area contributed by atoms with Crippen LogP contribution < -0.4 is 4.90 Å². The molecule has 0 unspecified atom stereocenters. The smallest absolute Gasteiger partial charge is 0.270 e. The lowest BCUT2D eigenvalue weighted by molar-refractivity contribution is -0.913. The Morgan fingerprint density at radius 2 is 1.96 bits per heavy atom. The van der Waals surface area contributed by atoms with Crippen LogP contribution in [0.2, 0.25) is 0 Å². The van der Waals surface area contributed by atoms with Crippen molar-refractivity contribution in [1.82, 2.24) is 4.90 Å². The highest BCUT2D eigenvalue weighted by atomic mass is 32.2. The van der Waals surface area contributed by atoms with E-state index in [1.165, 1.54) is 35.1 Å². The molecule has 23 heavy (non-hydrogen) atoms. The molecule has 1 aromatic rings. The zero-order valence-corrected chi connectivity index (χ0v) is 15.3. The van der Waals surface area contributed by atoms with Crippen LogP contribution in [0.25, 0.3) is 6.08 Å². The van der Waals surface area contributed by atoms with Gasteiger partial charge in [0.05, 0.1) is 18.0 Å². The van der Waals surface area contributed by atoms with Gasteiger partial charge in [-0.15, -0.1) is 0 Å². The van der Waals surface area contributed by atoms with Crippen LogP contribution in [0, 0.1) is 12.8 Å². The maximum absolute atomic E-state index is 12.7. The number of hydrogen-bond donors (Lipinski definition) is 1. The summed E-state index contributed by atoms with van der Waals surface area (Å²) in [5.74, 6) is 0.873. The fourth-order valence-electron chi connectivity index (χ4n) is 3.00. The van der Waals surface area contributed by atoms with Crippen molar-refractivity contribution < 1.29 is 9.69 Å². The third kappa shape index (κ3) is 4.03. The molecule has 0 atom stereocenters. The van der Waals surface area contributed by atoms with Crippen molar-refractivity contribution in [3.05, 3.63) is 40.3 Å².